The summed E-state index contributed by atoms with van der Waals surface area (Å²) in [5.74, 6) is 1.54. The second-order valence-electron chi connectivity index (χ2n) is 7.33. The number of piperidine rings is 1. The highest BCUT2D eigenvalue weighted by atomic mass is 35.5. The molecule has 0 bridgehead atoms. The molecule has 2 aromatic carbocycles. The van der Waals surface area contributed by atoms with Gasteiger partial charge in [-0.3, -0.25) is 9.36 Å². The zero-order chi connectivity index (χ0) is 18.6. The molecule has 0 radical (unpaired) electrons. The number of fused-ring (bicyclic) bond motifs is 1. The van der Waals surface area contributed by atoms with E-state index in [2.05, 4.69) is 40.3 Å². The SMILES string of the molecule is CC1CCNCC1NC(=O)CCc1nc2ccccc2n1-c1ccccc1.Cl. The van der Waals surface area contributed by atoms with Crippen LogP contribution in [0.4, 0.5) is 0 Å². The van der Waals surface area contributed by atoms with Crippen molar-refractivity contribution in [2.24, 2.45) is 5.92 Å². The van der Waals surface area contributed by atoms with Crippen molar-refractivity contribution in [3.63, 3.8) is 0 Å². The van der Waals surface area contributed by atoms with Crippen LogP contribution in [0.15, 0.2) is 54.6 Å². The molecular formula is C22H27ClN4O. The van der Waals surface area contributed by atoms with Crippen molar-refractivity contribution in [1.29, 1.82) is 0 Å². The lowest BCUT2D eigenvalue weighted by Gasteiger charge is -2.30. The van der Waals surface area contributed by atoms with Crippen LogP contribution in [0, 0.1) is 5.92 Å². The molecule has 1 saturated heterocycles. The van der Waals surface area contributed by atoms with Gasteiger partial charge in [0.25, 0.3) is 0 Å². The fourth-order valence-corrected chi connectivity index (χ4v) is 3.80. The Kier molecular flexibility index (Phi) is 6.70. The number of hydrogen-bond donors (Lipinski definition) is 2. The summed E-state index contributed by atoms with van der Waals surface area (Å²) in [6, 6.07) is 18.6. The fourth-order valence-electron chi connectivity index (χ4n) is 3.80. The van der Waals surface area contributed by atoms with E-state index in [-0.39, 0.29) is 24.4 Å². The zero-order valence-corrected chi connectivity index (χ0v) is 16.9. The van der Waals surface area contributed by atoms with Gasteiger partial charge in [0.2, 0.25) is 5.91 Å². The molecule has 1 fully saturated rings. The Hall–Kier alpha value is -2.37. The molecule has 1 aliphatic heterocycles. The summed E-state index contributed by atoms with van der Waals surface area (Å²) in [6.07, 6.45) is 2.16. The maximum absolute atomic E-state index is 12.5. The Bertz CT molecular complexity index is 925. The monoisotopic (exact) mass is 398 g/mol. The number of hydrogen-bond acceptors (Lipinski definition) is 3. The van der Waals surface area contributed by atoms with Crippen molar-refractivity contribution in [2.75, 3.05) is 13.1 Å². The number of nitrogens with one attached hydrogen (secondary N) is 2. The van der Waals surface area contributed by atoms with Crippen LogP contribution in [0.3, 0.4) is 0 Å². The number of carbonyl (C=O) groups is 1. The minimum absolute atomic E-state index is 0. The van der Waals surface area contributed by atoms with Crippen molar-refractivity contribution in [3.05, 3.63) is 60.4 Å². The van der Waals surface area contributed by atoms with E-state index in [0.29, 0.717) is 18.8 Å². The zero-order valence-electron chi connectivity index (χ0n) is 16.1. The van der Waals surface area contributed by atoms with Gasteiger partial charge in [-0.25, -0.2) is 4.98 Å². The highest BCUT2D eigenvalue weighted by Crippen LogP contribution is 2.22. The summed E-state index contributed by atoms with van der Waals surface area (Å²) in [5.41, 5.74) is 3.11. The van der Waals surface area contributed by atoms with E-state index in [1.807, 2.05) is 36.4 Å². The van der Waals surface area contributed by atoms with Gasteiger partial charge < -0.3 is 10.6 Å². The average molecular weight is 399 g/mol. The van der Waals surface area contributed by atoms with Gasteiger partial charge in [-0.2, -0.15) is 0 Å². The van der Waals surface area contributed by atoms with E-state index in [0.717, 1.165) is 42.1 Å². The van der Waals surface area contributed by atoms with E-state index in [1.54, 1.807) is 0 Å². The highest BCUT2D eigenvalue weighted by Gasteiger charge is 2.22. The number of benzene rings is 2. The Morgan fingerprint density at radius 3 is 2.71 bits per heavy atom. The minimum Gasteiger partial charge on any atom is -0.352 e. The van der Waals surface area contributed by atoms with Crippen LogP contribution in [-0.2, 0) is 11.2 Å². The molecule has 1 aromatic heterocycles. The van der Waals surface area contributed by atoms with Crippen molar-refractivity contribution in [1.82, 2.24) is 20.2 Å². The summed E-state index contributed by atoms with van der Waals surface area (Å²) in [7, 11) is 0. The molecular weight excluding hydrogens is 372 g/mol. The number of para-hydroxylation sites is 3. The molecule has 0 aliphatic carbocycles. The van der Waals surface area contributed by atoms with Crippen LogP contribution in [0.2, 0.25) is 0 Å². The number of rotatable bonds is 5. The van der Waals surface area contributed by atoms with Crippen molar-refractivity contribution in [3.8, 4) is 5.69 Å². The number of aromatic nitrogens is 2. The Morgan fingerprint density at radius 1 is 1.18 bits per heavy atom. The van der Waals surface area contributed by atoms with E-state index in [1.165, 1.54) is 0 Å². The molecule has 0 saturated carbocycles. The molecule has 1 amide bonds. The molecule has 2 N–H and O–H groups in total. The van der Waals surface area contributed by atoms with Crippen LogP contribution >= 0.6 is 12.4 Å². The molecule has 6 heteroatoms. The molecule has 3 aromatic rings. The molecule has 2 unspecified atom stereocenters. The highest BCUT2D eigenvalue weighted by molar-refractivity contribution is 5.85. The van der Waals surface area contributed by atoms with Crippen molar-refractivity contribution < 1.29 is 4.79 Å². The van der Waals surface area contributed by atoms with Crippen LogP contribution in [0.1, 0.15) is 25.6 Å². The number of halogens is 1. The largest absolute Gasteiger partial charge is 0.352 e. The first-order valence-electron chi connectivity index (χ1n) is 9.74. The predicted molar refractivity (Wildman–Crippen MR) is 115 cm³/mol. The molecule has 148 valence electrons. The third-order valence-electron chi connectivity index (χ3n) is 5.39. The molecule has 2 heterocycles. The summed E-state index contributed by atoms with van der Waals surface area (Å²) >= 11 is 0. The molecule has 2 atom stereocenters. The van der Waals surface area contributed by atoms with Gasteiger partial charge in [0, 0.05) is 31.1 Å². The number of aryl methyl sites for hydroxylation is 1. The second-order valence-corrected chi connectivity index (χ2v) is 7.33. The molecule has 5 nitrogen and oxygen atoms in total. The van der Waals surface area contributed by atoms with Crippen LogP contribution < -0.4 is 10.6 Å². The standard InChI is InChI=1S/C22H26N4O.ClH/c1-16-13-14-23-15-19(16)25-22(27)12-11-21-24-18-9-5-6-10-20(18)26(21)17-7-3-2-4-8-17;/h2-10,16,19,23H,11-15H2,1H3,(H,25,27);1H. The maximum Gasteiger partial charge on any atom is 0.220 e. The first-order valence-corrected chi connectivity index (χ1v) is 9.74. The van der Waals surface area contributed by atoms with Crippen LogP contribution in [0.25, 0.3) is 16.7 Å². The lowest BCUT2D eigenvalue weighted by Crippen LogP contribution is -2.50. The first-order chi connectivity index (χ1) is 13.2. The number of amides is 1. The lowest BCUT2D eigenvalue weighted by molar-refractivity contribution is -0.122. The van der Waals surface area contributed by atoms with E-state index in [9.17, 15) is 4.79 Å². The van der Waals surface area contributed by atoms with Crippen LogP contribution in [-0.4, -0.2) is 34.6 Å². The maximum atomic E-state index is 12.5. The summed E-state index contributed by atoms with van der Waals surface area (Å²) in [4.78, 5) is 17.3. The Labute approximate surface area is 172 Å². The van der Waals surface area contributed by atoms with Crippen LogP contribution in [0.5, 0.6) is 0 Å². The van der Waals surface area contributed by atoms with Gasteiger partial charge >= 0.3 is 0 Å². The van der Waals surface area contributed by atoms with Gasteiger partial charge in [-0.15, -0.1) is 12.4 Å². The quantitative estimate of drug-likeness (QED) is 0.691. The van der Waals surface area contributed by atoms with E-state index < -0.39 is 0 Å². The normalized spacial score (nSPS) is 19.2. The van der Waals surface area contributed by atoms with Gasteiger partial charge in [0.1, 0.15) is 5.82 Å². The number of nitrogens with zero attached hydrogens (tertiary/aromatic N) is 2. The summed E-state index contributed by atoms with van der Waals surface area (Å²) in [5, 5.41) is 6.55. The Balaban J connectivity index is 0.00000225. The molecule has 0 spiro atoms. The minimum atomic E-state index is 0. The van der Waals surface area contributed by atoms with E-state index in [4.69, 9.17) is 4.98 Å². The van der Waals surface area contributed by atoms with Crippen molar-refractivity contribution >= 4 is 29.3 Å². The van der Waals surface area contributed by atoms with Gasteiger partial charge in [-0.05, 0) is 43.1 Å². The van der Waals surface area contributed by atoms with Crippen molar-refractivity contribution in [2.45, 2.75) is 32.2 Å². The molecule has 1 aliphatic rings. The number of carbonyl (C=O) groups excluding carboxylic acids is 1. The average Bonchev–Trinajstić information content (AvgIpc) is 3.07. The topological polar surface area (TPSA) is 58.9 Å². The summed E-state index contributed by atoms with van der Waals surface area (Å²) < 4.78 is 2.16. The lowest BCUT2D eigenvalue weighted by atomic mass is 9.94. The predicted octanol–water partition coefficient (Wildman–Crippen LogP) is 3.49. The van der Waals surface area contributed by atoms with E-state index >= 15 is 0 Å². The van der Waals surface area contributed by atoms with Gasteiger partial charge in [0.05, 0.1) is 11.0 Å². The summed E-state index contributed by atoms with van der Waals surface area (Å²) in [6.45, 7) is 4.10. The van der Waals surface area contributed by atoms with Gasteiger partial charge in [-0.1, -0.05) is 37.3 Å². The fraction of sp³-hybridized carbons (Fsp3) is 0.364. The number of imidazole rings is 1. The molecule has 4 rings (SSSR count). The van der Waals surface area contributed by atoms with Gasteiger partial charge in [0.15, 0.2) is 0 Å². The first kappa shape index (κ1) is 20.4. The smallest absolute Gasteiger partial charge is 0.220 e. The third-order valence-corrected chi connectivity index (χ3v) is 5.39. The third kappa shape index (κ3) is 4.37. The Morgan fingerprint density at radius 2 is 1.93 bits per heavy atom. The molecule has 28 heavy (non-hydrogen) atoms. The second kappa shape index (κ2) is 9.22.